The molecule has 4 rings (SSSR count). The second-order valence-electron chi connectivity index (χ2n) is 6.48. The maximum absolute atomic E-state index is 12.9. The first-order chi connectivity index (χ1) is 13.0. The lowest BCUT2D eigenvalue weighted by atomic mass is 10.1. The summed E-state index contributed by atoms with van der Waals surface area (Å²) in [5.74, 6) is 0. The van der Waals surface area contributed by atoms with Gasteiger partial charge in [-0.2, -0.15) is 5.10 Å². The third-order valence-electron chi connectivity index (χ3n) is 4.67. The highest BCUT2D eigenvalue weighted by Crippen LogP contribution is 2.28. The second kappa shape index (κ2) is 6.87. The van der Waals surface area contributed by atoms with Gasteiger partial charge in [0.05, 0.1) is 17.9 Å². The summed E-state index contributed by atoms with van der Waals surface area (Å²) in [6.07, 6.45) is 0. The van der Waals surface area contributed by atoms with Gasteiger partial charge in [-0.15, -0.1) is 0 Å². The van der Waals surface area contributed by atoms with E-state index in [1.165, 1.54) is 0 Å². The Morgan fingerprint density at radius 2 is 1.63 bits per heavy atom. The highest BCUT2D eigenvalue weighted by atomic mass is 35.5. The van der Waals surface area contributed by atoms with Crippen LogP contribution in [0.1, 0.15) is 16.8 Å². The summed E-state index contributed by atoms with van der Waals surface area (Å²) < 4.78 is 3.49. The summed E-state index contributed by atoms with van der Waals surface area (Å²) in [7, 11) is 0. The number of para-hydroxylation sites is 1. The molecule has 2 heterocycles. The molecule has 0 fully saturated rings. The number of hydrogen-bond donors (Lipinski definition) is 0. The molecule has 136 valence electrons. The first kappa shape index (κ1) is 17.8. The average Bonchev–Trinajstić information content (AvgIpc) is 2.99. The number of aryl methyl sites for hydroxylation is 2. The molecule has 4 aromatic rings. The molecular formula is C21H17Cl2N3O. The molecule has 0 spiro atoms. The van der Waals surface area contributed by atoms with Crippen molar-refractivity contribution in [3.05, 3.63) is 91.8 Å². The van der Waals surface area contributed by atoms with Crippen molar-refractivity contribution in [3.63, 3.8) is 0 Å². The summed E-state index contributed by atoms with van der Waals surface area (Å²) >= 11 is 12.7. The van der Waals surface area contributed by atoms with Crippen molar-refractivity contribution in [2.24, 2.45) is 0 Å². The molecular weight excluding hydrogens is 381 g/mol. The van der Waals surface area contributed by atoms with Gasteiger partial charge in [0.2, 0.25) is 0 Å². The fourth-order valence-electron chi connectivity index (χ4n) is 3.41. The van der Waals surface area contributed by atoms with E-state index in [1.54, 1.807) is 28.8 Å². The van der Waals surface area contributed by atoms with Gasteiger partial charge in [-0.05, 0) is 43.7 Å². The van der Waals surface area contributed by atoms with Crippen LogP contribution in [-0.2, 0) is 6.54 Å². The van der Waals surface area contributed by atoms with Crippen molar-refractivity contribution in [1.29, 1.82) is 0 Å². The number of nitrogens with zero attached hydrogens (tertiary/aromatic N) is 3. The van der Waals surface area contributed by atoms with Gasteiger partial charge in [-0.3, -0.25) is 9.36 Å². The lowest BCUT2D eigenvalue weighted by molar-refractivity contribution is 0.750. The molecule has 27 heavy (non-hydrogen) atoms. The monoisotopic (exact) mass is 397 g/mol. The minimum atomic E-state index is -0.118. The Balaban J connectivity index is 2.05. The van der Waals surface area contributed by atoms with E-state index in [0.29, 0.717) is 15.6 Å². The van der Waals surface area contributed by atoms with Crippen LogP contribution in [0.2, 0.25) is 10.0 Å². The van der Waals surface area contributed by atoms with Crippen LogP contribution in [-0.4, -0.2) is 14.3 Å². The number of benzene rings is 2. The van der Waals surface area contributed by atoms with Gasteiger partial charge in [0.1, 0.15) is 5.65 Å². The van der Waals surface area contributed by atoms with E-state index in [4.69, 9.17) is 28.3 Å². The Bertz CT molecular complexity index is 1190. The van der Waals surface area contributed by atoms with Gasteiger partial charge in [-0.1, -0.05) is 47.5 Å². The van der Waals surface area contributed by atoms with Crippen molar-refractivity contribution >= 4 is 34.2 Å². The van der Waals surface area contributed by atoms with Crippen LogP contribution in [0, 0.1) is 13.8 Å². The van der Waals surface area contributed by atoms with E-state index in [-0.39, 0.29) is 12.1 Å². The standard InChI is InChI=1S/C21H17Cl2N3O/c1-13-11-19(27)25(12-16-17(22)9-6-10-18(16)23)21-20(13)14(2)24-26(21)15-7-4-3-5-8-15/h3-11H,12H2,1-2H3. The fourth-order valence-corrected chi connectivity index (χ4v) is 3.93. The number of rotatable bonds is 3. The summed E-state index contributed by atoms with van der Waals surface area (Å²) in [5, 5.41) is 6.73. The van der Waals surface area contributed by atoms with Gasteiger partial charge in [0.25, 0.3) is 5.56 Å². The predicted octanol–water partition coefficient (Wildman–Crippen LogP) is 5.16. The van der Waals surface area contributed by atoms with E-state index >= 15 is 0 Å². The summed E-state index contributed by atoms with van der Waals surface area (Å²) in [5.41, 5.74) is 3.99. The Morgan fingerprint density at radius 3 is 2.30 bits per heavy atom. The normalized spacial score (nSPS) is 11.3. The molecule has 0 bridgehead atoms. The third-order valence-corrected chi connectivity index (χ3v) is 5.38. The molecule has 0 saturated heterocycles. The molecule has 6 heteroatoms. The van der Waals surface area contributed by atoms with E-state index in [9.17, 15) is 4.79 Å². The van der Waals surface area contributed by atoms with E-state index in [2.05, 4.69) is 0 Å². The van der Waals surface area contributed by atoms with Crippen LogP contribution in [0.3, 0.4) is 0 Å². The lowest BCUT2D eigenvalue weighted by Crippen LogP contribution is -2.23. The van der Waals surface area contributed by atoms with Gasteiger partial charge in [0, 0.05) is 27.1 Å². The minimum absolute atomic E-state index is 0.118. The topological polar surface area (TPSA) is 39.8 Å². The molecule has 0 amide bonds. The molecule has 4 nitrogen and oxygen atoms in total. The first-order valence-electron chi connectivity index (χ1n) is 8.55. The number of pyridine rings is 1. The van der Waals surface area contributed by atoms with E-state index < -0.39 is 0 Å². The maximum Gasteiger partial charge on any atom is 0.252 e. The SMILES string of the molecule is Cc1cc(=O)n(Cc2c(Cl)cccc2Cl)c2c1c(C)nn2-c1ccccc1. The quantitative estimate of drug-likeness (QED) is 0.478. The molecule has 2 aromatic carbocycles. The lowest BCUT2D eigenvalue weighted by Gasteiger charge is -2.14. The van der Waals surface area contributed by atoms with Crippen LogP contribution in [0.4, 0.5) is 0 Å². The van der Waals surface area contributed by atoms with Crippen LogP contribution in [0.15, 0.2) is 59.4 Å². The molecule has 2 aromatic heterocycles. The number of hydrogen-bond acceptors (Lipinski definition) is 2. The van der Waals surface area contributed by atoms with Gasteiger partial charge >= 0.3 is 0 Å². The second-order valence-corrected chi connectivity index (χ2v) is 7.30. The molecule has 0 radical (unpaired) electrons. The molecule has 0 unspecified atom stereocenters. The maximum atomic E-state index is 12.9. The highest BCUT2D eigenvalue weighted by molar-refractivity contribution is 6.36. The molecule has 0 atom stereocenters. The Hall–Kier alpha value is -2.56. The largest absolute Gasteiger partial charge is 0.288 e. The van der Waals surface area contributed by atoms with Crippen LogP contribution in [0.5, 0.6) is 0 Å². The van der Waals surface area contributed by atoms with E-state index in [1.807, 2.05) is 48.9 Å². The third kappa shape index (κ3) is 3.05. The highest BCUT2D eigenvalue weighted by Gasteiger charge is 2.18. The molecule has 0 N–H and O–H groups in total. The zero-order chi connectivity index (χ0) is 19.1. The van der Waals surface area contributed by atoms with Crippen molar-refractivity contribution < 1.29 is 0 Å². The minimum Gasteiger partial charge on any atom is -0.288 e. The zero-order valence-electron chi connectivity index (χ0n) is 14.9. The summed E-state index contributed by atoms with van der Waals surface area (Å²) in [6, 6.07) is 16.7. The van der Waals surface area contributed by atoms with Crippen molar-refractivity contribution in [2.45, 2.75) is 20.4 Å². The average molecular weight is 398 g/mol. The van der Waals surface area contributed by atoms with Crippen LogP contribution < -0.4 is 5.56 Å². The molecule has 0 aliphatic carbocycles. The first-order valence-corrected chi connectivity index (χ1v) is 9.31. The zero-order valence-corrected chi connectivity index (χ0v) is 16.4. The van der Waals surface area contributed by atoms with Gasteiger partial charge in [0.15, 0.2) is 0 Å². The molecule has 0 saturated carbocycles. The van der Waals surface area contributed by atoms with E-state index in [0.717, 1.165) is 28.0 Å². The van der Waals surface area contributed by atoms with Crippen molar-refractivity contribution in [1.82, 2.24) is 14.3 Å². The smallest absolute Gasteiger partial charge is 0.252 e. The number of fused-ring (bicyclic) bond motifs is 1. The fraction of sp³-hybridized carbons (Fsp3) is 0.143. The number of halogens is 2. The Labute approximate surface area is 166 Å². The molecule has 0 aliphatic heterocycles. The Morgan fingerprint density at radius 1 is 0.963 bits per heavy atom. The van der Waals surface area contributed by atoms with Crippen LogP contribution in [0.25, 0.3) is 16.7 Å². The summed E-state index contributed by atoms with van der Waals surface area (Å²) in [4.78, 5) is 12.9. The van der Waals surface area contributed by atoms with Gasteiger partial charge < -0.3 is 0 Å². The molecule has 0 aliphatic rings. The van der Waals surface area contributed by atoms with Gasteiger partial charge in [-0.25, -0.2) is 4.68 Å². The Kier molecular flexibility index (Phi) is 4.54. The number of aromatic nitrogens is 3. The van der Waals surface area contributed by atoms with Crippen LogP contribution >= 0.6 is 23.2 Å². The van der Waals surface area contributed by atoms with Crippen molar-refractivity contribution in [3.8, 4) is 5.69 Å². The predicted molar refractivity (Wildman–Crippen MR) is 110 cm³/mol. The van der Waals surface area contributed by atoms with Crippen molar-refractivity contribution in [2.75, 3.05) is 0 Å². The summed E-state index contributed by atoms with van der Waals surface area (Å²) in [6.45, 7) is 4.15.